The quantitative estimate of drug-likeness (QED) is 0.856. The van der Waals surface area contributed by atoms with Gasteiger partial charge in [-0.2, -0.15) is 4.31 Å². The van der Waals surface area contributed by atoms with Crippen molar-refractivity contribution in [3.63, 3.8) is 0 Å². The van der Waals surface area contributed by atoms with Crippen LogP contribution >= 0.6 is 0 Å². The molecule has 24 heavy (non-hydrogen) atoms. The lowest BCUT2D eigenvalue weighted by Crippen LogP contribution is -2.54. The molecule has 0 aliphatic carbocycles. The molecule has 4 nitrogen and oxygen atoms in total. The summed E-state index contributed by atoms with van der Waals surface area (Å²) in [7, 11) is -3.20. The van der Waals surface area contributed by atoms with Crippen LogP contribution in [0.5, 0.6) is 0 Å². The van der Waals surface area contributed by atoms with E-state index in [1.165, 1.54) is 11.3 Å². The molecule has 1 saturated heterocycles. The predicted molar refractivity (Wildman–Crippen MR) is 96.8 cm³/mol. The Kier molecular flexibility index (Phi) is 4.06. The first-order valence-corrected chi connectivity index (χ1v) is 10.1. The minimum Gasteiger partial charge on any atom is -0.365 e. The minimum atomic E-state index is -3.20. The maximum absolute atomic E-state index is 12.7. The summed E-state index contributed by atoms with van der Waals surface area (Å²) in [6.07, 6.45) is 1.52. The minimum absolute atomic E-state index is 0.191. The molecule has 0 bridgehead atoms. The molecule has 0 saturated carbocycles. The second kappa shape index (κ2) is 6.22. The largest absolute Gasteiger partial charge is 0.365 e. The zero-order chi connectivity index (χ0) is 16.6. The summed E-state index contributed by atoms with van der Waals surface area (Å²) < 4.78 is 27.2. The highest BCUT2D eigenvalue weighted by Crippen LogP contribution is 2.34. The fourth-order valence-electron chi connectivity index (χ4n) is 3.81. The van der Waals surface area contributed by atoms with Crippen LogP contribution in [0.1, 0.15) is 11.1 Å². The number of aryl methyl sites for hydroxylation is 1. The van der Waals surface area contributed by atoms with Crippen LogP contribution in [0.2, 0.25) is 0 Å². The molecule has 0 spiro atoms. The summed E-state index contributed by atoms with van der Waals surface area (Å²) in [4.78, 5) is 2.37. The Morgan fingerprint density at radius 3 is 2.54 bits per heavy atom. The molecule has 2 heterocycles. The number of sulfonamides is 1. The van der Waals surface area contributed by atoms with Gasteiger partial charge < -0.3 is 4.90 Å². The van der Waals surface area contributed by atoms with Crippen molar-refractivity contribution in [1.29, 1.82) is 0 Å². The van der Waals surface area contributed by atoms with Crippen LogP contribution in [-0.4, -0.2) is 44.2 Å². The first kappa shape index (κ1) is 15.7. The van der Waals surface area contributed by atoms with Gasteiger partial charge in [-0.1, -0.05) is 48.5 Å². The van der Waals surface area contributed by atoms with Crippen LogP contribution in [0.15, 0.2) is 54.6 Å². The van der Waals surface area contributed by atoms with Gasteiger partial charge in [0.15, 0.2) is 0 Å². The first-order chi connectivity index (χ1) is 11.6. The van der Waals surface area contributed by atoms with Crippen LogP contribution in [0.25, 0.3) is 0 Å². The molecule has 4 rings (SSSR count). The monoisotopic (exact) mass is 342 g/mol. The van der Waals surface area contributed by atoms with Gasteiger partial charge in [-0.15, -0.1) is 0 Å². The van der Waals surface area contributed by atoms with Crippen LogP contribution < -0.4 is 4.90 Å². The van der Waals surface area contributed by atoms with Gasteiger partial charge in [0.2, 0.25) is 10.0 Å². The molecule has 0 N–H and O–H groups in total. The number of piperazine rings is 1. The standard InChI is InChI=1S/C19H22N2O2S/c22-24(23,13-10-16-6-2-1-3-7-16)20-11-12-21-18(15-20)14-17-8-4-5-9-19(17)21/h1-9,18H,10-15H2. The molecule has 0 aromatic heterocycles. The van der Waals surface area contributed by atoms with Gasteiger partial charge >= 0.3 is 0 Å². The molecule has 1 unspecified atom stereocenters. The van der Waals surface area contributed by atoms with E-state index in [2.05, 4.69) is 29.2 Å². The Hall–Kier alpha value is -1.85. The smallest absolute Gasteiger partial charge is 0.214 e. The van der Waals surface area contributed by atoms with E-state index in [0.717, 1.165) is 18.5 Å². The number of para-hydroxylation sites is 1. The molecule has 5 heteroatoms. The zero-order valence-corrected chi connectivity index (χ0v) is 14.5. The van der Waals surface area contributed by atoms with Crippen molar-refractivity contribution in [2.24, 2.45) is 0 Å². The normalized spacial score (nSPS) is 20.7. The Morgan fingerprint density at radius 2 is 1.71 bits per heavy atom. The lowest BCUT2D eigenvalue weighted by atomic mass is 10.1. The molecule has 2 aromatic rings. The van der Waals surface area contributed by atoms with Crippen molar-refractivity contribution >= 4 is 15.7 Å². The van der Waals surface area contributed by atoms with E-state index in [-0.39, 0.29) is 11.8 Å². The summed E-state index contributed by atoms with van der Waals surface area (Å²) in [5.74, 6) is 0.191. The van der Waals surface area contributed by atoms with Crippen molar-refractivity contribution in [3.8, 4) is 0 Å². The van der Waals surface area contributed by atoms with Crippen molar-refractivity contribution < 1.29 is 8.42 Å². The molecule has 0 radical (unpaired) electrons. The number of nitrogens with zero attached hydrogens (tertiary/aromatic N) is 2. The maximum Gasteiger partial charge on any atom is 0.214 e. The number of hydrogen-bond donors (Lipinski definition) is 0. The van der Waals surface area contributed by atoms with Crippen molar-refractivity contribution in [2.45, 2.75) is 18.9 Å². The summed E-state index contributed by atoms with van der Waals surface area (Å²) in [5, 5.41) is 0. The SMILES string of the molecule is O=S(=O)(CCc1ccccc1)N1CCN2c3ccccc3CC2C1. The molecule has 2 aliphatic rings. The predicted octanol–water partition coefficient (Wildman–Crippen LogP) is 2.31. The average molecular weight is 342 g/mol. The van der Waals surface area contributed by atoms with Gasteiger partial charge in [0.05, 0.1) is 5.75 Å². The van der Waals surface area contributed by atoms with Crippen LogP contribution in [0.4, 0.5) is 5.69 Å². The number of benzene rings is 2. The van der Waals surface area contributed by atoms with Gasteiger partial charge in [-0.3, -0.25) is 0 Å². The lowest BCUT2D eigenvalue weighted by molar-refractivity contribution is 0.340. The highest BCUT2D eigenvalue weighted by atomic mass is 32.2. The average Bonchev–Trinajstić information content (AvgIpc) is 2.99. The second-order valence-electron chi connectivity index (χ2n) is 6.59. The Labute approximate surface area is 143 Å². The third-order valence-corrected chi connectivity index (χ3v) is 6.93. The van der Waals surface area contributed by atoms with Crippen molar-refractivity contribution in [2.75, 3.05) is 30.3 Å². The first-order valence-electron chi connectivity index (χ1n) is 8.50. The number of anilines is 1. The molecular formula is C19H22N2O2S. The van der Waals surface area contributed by atoms with E-state index in [1.54, 1.807) is 4.31 Å². The summed E-state index contributed by atoms with van der Waals surface area (Å²) in [5.41, 5.74) is 3.70. The van der Waals surface area contributed by atoms with Gasteiger partial charge in [0, 0.05) is 31.4 Å². The molecule has 126 valence electrons. The zero-order valence-electron chi connectivity index (χ0n) is 13.6. The van der Waals surface area contributed by atoms with Crippen LogP contribution in [-0.2, 0) is 22.9 Å². The molecule has 1 atom stereocenters. The third-order valence-electron chi connectivity index (χ3n) is 5.09. The molecule has 1 fully saturated rings. The van der Waals surface area contributed by atoms with Crippen LogP contribution in [0, 0.1) is 0 Å². The summed E-state index contributed by atoms with van der Waals surface area (Å²) in [6, 6.07) is 18.5. The molecule has 2 aromatic carbocycles. The molecule has 2 aliphatic heterocycles. The number of fused-ring (bicyclic) bond motifs is 3. The van der Waals surface area contributed by atoms with E-state index in [4.69, 9.17) is 0 Å². The van der Waals surface area contributed by atoms with E-state index >= 15 is 0 Å². The fraction of sp³-hybridized carbons (Fsp3) is 0.368. The van der Waals surface area contributed by atoms with E-state index in [1.807, 2.05) is 30.3 Å². The fourth-order valence-corrected chi connectivity index (χ4v) is 5.32. The molecule has 0 amide bonds. The highest BCUT2D eigenvalue weighted by molar-refractivity contribution is 7.89. The van der Waals surface area contributed by atoms with E-state index in [0.29, 0.717) is 19.5 Å². The summed E-state index contributed by atoms with van der Waals surface area (Å²) >= 11 is 0. The van der Waals surface area contributed by atoms with Gasteiger partial charge in [0.1, 0.15) is 0 Å². The number of hydrogen-bond acceptors (Lipinski definition) is 3. The van der Waals surface area contributed by atoms with Gasteiger partial charge in [-0.25, -0.2) is 8.42 Å². The Morgan fingerprint density at radius 1 is 0.958 bits per heavy atom. The van der Waals surface area contributed by atoms with Crippen LogP contribution in [0.3, 0.4) is 0 Å². The maximum atomic E-state index is 12.7. The van der Waals surface area contributed by atoms with E-state index in [9.17, 15) is 8.42 Å². The molecular weight excluding hydrogens is 320 g/mol. The highest BCUT2D eigenvalue weighted by Gasteiger charge is 2.37. The van der Waals surface area contributed by atoms with Gasteiger partial charge in [-0.05, 0) is 30.0 Å². The Bertz CT molecular complexity index is 820. The second-order valence-corrected chi connectivity index (χ2v) is 8.68. The Balaban J connectivity index is 1.43. The van der Waals surface area contributed by atoms with E-state index < -0.39 is 10.0 Å². The number of rotatable bonds is 4. The van der Waals surface area contributed by atoms with Gasteiger partial charge in [0.25, 0.3) is 0 Å². The third kappa shape index (κ3) is 2.94. The van der Waals surface area contributed by atoms with Crippen molar-refractivity contribution in [1.82, 2.24) is 4.31 Å². The van der Waals surface area contributed by atoms with Crippen molar-refractivity contribution in [3.05, 3.63) is 65.7 Å². The summed E-state index contributed by atoms with van der Waals surface area (Å²) in [6.45, 7) is 1.97. The lowest BCUT2D eigenvalue weighted by Gasteiger charge is -2.38. The topological polar surface area (TPSA) is 40.6 Å².